The van der Waals surface area contributed by atoms with Crippen LogP contribution in [-0.2, 0) is 9.59 Å². The Morgan fingerprint density at radius 2 is 2.23 bits per heavy atom. The third-order valence-corrected chi connectivity index (χ3v) is 4.68. The summed E-state index contributed by atoms with van der Waals surface area (Å²) in [6.07, 6.45) is 7.60. The van der Waals surface area contributed by atoms with E-state index in [2.05, 4.69) is 26.3 Å². The molecular formula is C18H18BrFN4O2. The Hall–Kier alpha value is -2.48. The topological polar surface area (TPSA) is 67.2 Å². The summed E-state index contributed by atoms with van der Waals surface area (Å²) in [5.41, 5.74) is 0.875. The van der Waals surface area contributed by atoms with Crippen molar-refractivity contribution in [3.8, 4) is 5.69 Å². The predicted octanol–water partition coefficient (Wildman–Crippen LogP) is 2.52. The normalized spacial score (nSPS) is 17.0. The number of likely N-dealkylation sites (tertiary alicyclic amines) is 1. The number of hydrogen-bond acceptors (Lipinski definition) is 3. The molecule has 1 fully saturated rings. The number of aromatic nitrogens is 2. The van der Waals surface area contributed by atoms with E-state index in [1.54, 1.807) is 42.6 Å². The first-order valence-corrected chi connectivity index (χ1v) is 8.99. The summed E-state index contributed by atoms with van der Waals surface area (Å²) in [5, 5.41) is 6.63. The first-order chi connectivity index (χ1) is 12.5. The van der Waals surface area contributed by atoms with E-state index in [0.717, 1.165) is 10.9 Å². The summed E-state index contributed by atoms with van der Waals surface area (Å²) in [4.78, 5) is 25.7. The van der Waals surface area contributed by atoms with Gasteiger partial charge in [0.1, 0.15) is 17.5 Å². The molecule has 0 aliphatic carbocycles. The van der Waals surface area contributed by atoms with Crippen LogP contribution in [0.25, 0.3) is 11.8 Å². The van der Waals surface area contributed by atoms with Crippen LogP contribution in [-0.4, -0.2) is 46.1 Å². The molecule has 1 N–H and O–H groups in total. The van der Waals surface area contributed by atoms with Crippen LogP contribution < -0.4 is 5.32 Å². The average molecular weight is 421 g/mol. The summed E-state index contributed by atoms with van der Waals surface area (Å²) >= 11 is 3.27. The Labute approximate surface area is 158 Å². The first-order valence-electron chi connectivity index (χ1n) is 8.20. The molecule has 1 unspecified atom stereocenters. The minimum Gasteiger partial charge on any atom is -0.357 e. The third kappa shape index (κ3) is 3.85. The van der Waals surface area contributed by atoms with Gasteiger partial charge in [0.25, 0.3) is 0 Å². The Balaban J connectivity index is 1.73. The highest BCUT2D eigenvalue weighted by Gasteiger charge is 2.32. The monoisotopic (exact) mass is 420 g/mol. The van der Waals surface area contributed by atoms with E-state index in [0.29, 0.717) is 24.2 Å². The van der Waals surface area contributed by atoms with Gasteiger partial charge in [-0.15, -0.1) is 0 Å². The highest BCUT2D eigenvalue weighted by Crippen LogP contribution is 2.20. The molecule has 26 heavy (non-hydrogen) atoms. The van der Waals surface area contributed by atoms with Crippen molar-refractivity contribution in [3.63, 3.8) is 0 Å². The van der Waals surface area contributed by atoms with Crippen LogP contribution in [0.1, 0.15) is 18.4 Å². The van der Waals surface area contributed by atoms with Gasteiger partial charge in [0.05, 0.1) is 10.7 Å². The Kier molecular flexibility index (Phi) is 5.51. The molecule has 1 aliphatic rings. The number of rotatable bonds is 4. The van der Waals surface area contributed by atoms with Gasteiger partial charge in [-0.25, -0.2) is 9.07 Å². The van der Waals surface area contributed by atoms with E-state index < -0.39 is 11.9 Å². The van der Waals surface area contributed by atoms with Crippen molar-refractivity contribution in [3.05, 3.63) is 52.5 Å². The van der Waals surface area contributed by atoms with Gasteiger partial charge in [-0.05, 0) is 52.5 Å². The maximum Gasteiger partial charge on any atom is 0.247 e. The van der Waals surface area contributed by atoms with E-state index in [-0.39, 0.29) is 11.8 Å². The zero-order valence-corrected chi connectivity index (χ0v) is 15.7. The lowest BCUT2D eigenvalue weighted by atomic mass is 10.1. The van der Waals surface area contributed by atoms with Crippen LogP contribution in [0, 0.1) is 5.82 Å². The summed E-state index contributed by atoms with van der Waals surface area (Å²) in [6, 6.07) is 4.21. The molecule has 1 aromatic carbocycles. The van der Waals surface area contributed by atoms with Crippen LogP contribution in [0.15, 0.2) is 41.1 Å². The van der Waals surface area contributed by atoms with Gasteiger partial charge >= 0.3 is 0 Å². The van der Waals surface area contributed by atoms with Crippen molar-refractivity contribution in [2.24, 2.45) is 0 Å². The number of carbonyl (C=O) groups is 2. The Bertz CT molecular complexity index is 865. The van der Waals surface area contributed by atoms with Crippen molar-refractivity contribution < 1.29 is 14.0 Å². The molecular weight excluding hydrogens is 403 g/mol. The van der Waals surface area contributed by atoms with Crippen LogP contribution in [0.2, 0.25) is 0 Å². The molecule has 1 aliphatic heterocycles. The second-order valence-corrected chi connectivity index (χ2v) is 6.87. The fourth-order valence-electron chi connectivity index (χ4n) is 2.98. The molecule has 2 aromatic rings. The molecule has 0 saturated carbocycles. The molecule has 0 bridgehead atoms. The Morgan fingerprint density at radius 1 is 1.42 bits per heavy atom. The zero-order valence-electron chi connectivity index (χ0n) is 14.2. The molecule has 6 nitrogen and oxygen atoms in total. The molecule has 1 saturated heterocycles. The second-order valence-electron chi connectivity index (χ2n) is 5.95. The SMILES string of the molecule is CNC(=O)C1CCCN1C(=O)/C=C/c1ccc(-n2cc(Br)cn2)c(F)c1. The number of nitrogens with one attached hydrogen (secondary N) is 1. The summed E-state index contributed by atoms with van der Waals surface area (Å²) in [6.45, 7) is 0.544. The lowest BCUT2D eigenvalue weighted by Crippen LogP contribution is -2.44. The molecule has 8 heteroatoms. The summed E-state index contributed by atoms with van der Waals surface area (Å²) in [5.74, 6) is -0.860. The first kappa shape index (κ1) is 18.3. The summed E-state index contributed by atoms with van der Waals surface area (Å²) in [7, 11) is 1.56. The molecule has 3 rings (SSSR count). The van der Waals surface area contributed by atoms with Gasteiger partial charge in [0.2, 0.25) is 11.8 Å². The smallest absolute Gasteiger partial charge is 0.247 e. The van der Waals surface area contributed by atoms with Gasteiger partial charge in [-0.3, -0.25) is 9.59 Å². The van der Waals surface area contributed by atoms with Crippen LogP contribution in [0.4, 0.5) is 4.39 Å². The number of hydrogen-bond donors (Lipinski definition) is 1. The molecule has 2 amide bonds. The minimum atomic E-state index is -0.445. The van der Waals surface area contributed by atoms with E-state index in [1.165, 1.54) is 16.8 Å². The van der Waals surface area contributed by atoms with Gasteiger partial charge in [-0.1, -0.05) is 6.07 Å². The number of amides is 2. The van der Waals surface area contributed by atoms with Crippen molar-refractivity contribution >= 4 is 33.8 Å². The minimum absolute atomic E-state index is 0.162. The second kappa shape index (κ2) is 7.82. The highest BCUT2D eigenvalue weighted by atomic mass is 79.9. The number of benzene rings is 1. The van der Waals surface area contributed by atoms with Crippen molar-refractivity contribution in [1.29, 1.82) is 0 Å². The third-order valence-electron chi connectivity index (χ3n) is 4.27. The maximum atomic E-state index is 14.3. The van der Waals surface area contributed by atoms with Gasteiger partial charge in [0, 0.05) is 25.9 Å². The lowest BCUT2D eigenvalue weighted by molar-refractivity contribution is -0.134. The molecule has 2 heterocycles. The lowest BCUT2D eigenvalue weighted by Gasteiger charge is -2.21. The Morgan fingerprint density at radius 3 is 2.88 bits per heavy atom. The fourth-order valence-corrected chi connectivity index (χ4v) is 3.26. The number of carbonyl (C=O) groups excluding carboxylic acids is 2. The van der Waals surface area contributed by atoms with Gasteiger partial charge in [-0.2, -0.15) is 5.10 Å². The van der Waals surface area contributed by atoms with Crippen molar-refractivity contribution in [2.75, 3.05) is 13.6 Å². The molecule has 136 valence electrons. The maximum absolute atomic E-state index is 14.3. The fraction of sp³-hybridized carbons (Fsp3) is 0.278. The zero-order chi connectivity index (χ0) is 18.7. The molecule has 1 aromatic heterocycles. The van der Waals surface area contributed by atoms with E-state index in [1.807, 2.05) is 0 Å². The number of likely N-dealkylation sites (N-methyl/N-ethyl adjacent to an activating group) is 1. The average Bonchev–Trinajstić information content (AvgIpc) is 3.28. The van der Waals surface area contributed by atoms with Gasteiger partial charge < -0.3 is 10.2 Å². The van der Waals surface area contributed by atoms with E-state index in [9.17, 15) is 14.0 Å². The van der Waals surface area contributed by atoms with E-state index >= 15 is 0 Å². The number of nitrogens with zero attached hydrogens (tertiary/aromatic N) is 3. The molecule has 0 radical (unpaired) electrons. The van der Waals surface area contributed by atoms with E-state index in [4.69, 9.17) is 0 Å². The molecule has 1 atom stereocenters. The summed E-state index contributed by atoms with van der Waals surface area (Å²) < 4.78 is 16.5. The highest BCUT2D eigenvalue weighted by molar-refractivity contribution is 9.10. The van der Waals surface area contributed by atoms with Crippen molar-refractivity contribution in [1.82, 2.24) is 20.0 Å². The predicted molar refractivity (Wildman–Crippen MR) is 99.1 cm³/mol. The molecule has 0 spiro atoms. The van der Waals surface area contributed by atoms with Crippen LogP contribution in [0.3, 0.4) is 0 Å². The quantitative estimate of drug-likeness (QED) is 0.772. The van der Waals surface area contributed by atoms with Gasteiger partial charge in [0.15, 0.2) is 0 Å². The van der Waals surface area contributed by atoms with Crippen molar-refractivity contribution in [2.45, 2.75) is 18.9 Å². The standard InChI is InChI=1S/C18H18BrFN4O2/c1-21-18(26)16-3-2-8-23(16)17(25)7-5-12-4-6-15(14(20)9-12)24-11-13(19)10-22-24/h4-7,9-11,16H,2-3,8H2,1H3,(H,21,26)/b7-5+. The largest absolute Gasteiger partial charge is 0.357 e. The van der Waals surface area contributed by atoms with Crippen LogP contribution >= 0.6 is 15.9 Å². The number of halogens is 2. The van der Waals surface area contributed by atoms with Crippen LogP contribution in [0.5, 0.6) is 0 Å².